The molecule has 7 heteroatoms. The van der Waals surface area contributed by atoms with E-state index in [4.69, 9.17) is 27.9 Å². The highest BCUT2D eigenvalue weighted by atomic mass is 35.5. The van der Waals surface area contributed by atoms with Gasteiger partial charge in [0.2, 0.25) is 0 Å². The summed E-state index contributed by atoms with van der Waals surface area (Å²) in [5.74, 6) is -0.381. The SMILES string of the molecule is COc1c(Cl)cc(N2N=C(C)C(=O)CC2=O)cc1Cl. The molecule has 1 aliphatic heterocycles. The van der Waals surface area contributed by atoms with Crippen molar-refractivity contribution < 1.29 is 14.3 Å². The number of methoxy groups -OCH3 is 1. The maximum atomic E-state index is 11.8. The van der Waals surface area contributed by atoms with Crippen molar-refractivity contribution >= 4 is 46.3 Å². The van der Waals surface area contributed by atoms with Crippen molar-refractivity contribution in [3.05, 3.63) is 22.2 Å². The number of hydrogen-bond acceptors (Lipinski definition) is 4. The zero-order valence-electron chi connectivity index (χ0n) is 10.2. The number of hydrazone groups is 1. The van der Waals surface area contributed by atoms with Gasteiger partial charge in [-0.15, -0.1) is 0 Å². The number of ether oxygens (including phenoxy) is 1. The fourth-order valence-electron chi connectivity index (χ4n) is 1.67. The summed E-state index contributed by atoms with van der Waals surface area (Å²) >= 11 is 12.0. The zero-order valence-corrected chi connectivity index (χ0v) is 11.7. The van der Waals surface area contributed by atoms with Gasteiger partial charge in [0.15, 0.2) is 11.5 Å². The quantitative estimate of drug-likeness (QED) is 0.789. The summed E-state index contributed by atoms with van der Waals surface area (Å²) < 4.78 is 5.03. The Morgan fingerprint density at radius 2 is 1.84 bits per heavy atom. The molecule has 1 aromatic rings. The van der Waals surface area contributed by atoms with Gasteiger partial charge in [0.25, 0.3) is 5.91 Å². The minimum atomic E-state index is -0.423. The van der Waals surface area contributed by atoms with Gasteiger partial charge < -0.3 is 4.74 Å². The van der Waals surface area contributed by atoms with Crippen LogP contribution in [0.2, 0.25) is 10.0 Å². The molecule has 1 heterocycles. The van der Waals surface area contributed by atoms with Crippen LogP contribution < -0.4 is 9.75 Å². The van der Waals surface area contributed by atoms with Gasteiger partial charge in [0.05, 0.1) is 29.3 Å². The van der Waals surface area contributed by atoms with Crippen molar-refractivity contribution in [2.24, 2.45) is 5.10 Å². The Morgan fingerprint density at radius 3 is 2.37 bits per heavy atom. The molecule has 5 nitrogen and oxygen atoms in total. The van der Waals surface area contributed by atoms with Crippen LogP contribution in [0.4, 0.5) is 5.69 Å². The smallest absolute Gasteiger partial charge is 0.255 e. The fraction of sp³-hybridized carbons (Fsp3) is 0.250. The second-order valence-corrected chi connectivity index (χ2v) is 4.75. The summed E-state index contributed by atoms with van der Waals surface area (Å²) in [6.45, 7) is 1.55. The molecule has 19 heavy (non-hydrogen) atoms. The standard InChI is InChI=1S/C12H10Cl2N2O3/c1-6-10(17)5-11(18)16(15-6)7-3-8(13)12(19-2)9(14)4-7/h3-4H,5H2,1-2H3. The summed E-state index contributed by atoms with van der Waals surface area (Å²) in [4.78, 5) is 23.2. The number of halogens is 2. The number of hydrogen-bond donors (Lipinski definition) is 0. The van der Waals surface area contributed by atoms with E-state index in [1.807, 2.05) is 0 Å². The molecule has 2 rings (SSSR count). The Labute approximate surface area is 119 Å². The lowest BCUT2D eigenvalue weighted by Crippen LogP contribution is -2.36. The van der Waals surface area contributed by atoms with Crippen LogP contribution in [0.25, 0.3) is 0 Å². The molecule has 0 fully saturated rings. The van der Waals surface area contributed by atoms with Crippen LogP contribution >= 0.6 is 23.2 Å². The van der Waals surface area contributed by atoms with E-state index in [0.717, 1.165) is 5.01 Å². The number of carbonyl (C=O) groups excluding carboxylic acids is 2. The van der Waals surface area contributed by atoms with Gasteiger partial charge in [-0.3, -0.25) is 9.59 Å². The number of rotatable bonds is 2. The Balaban J connectivity index is 2.48. The summed E-state index contributed by atoms with van der Waals surface area (Å²) in [6.07, 6.45) is -0.212. The summed E-state index contributed by atoms with van der Waals surface area (Å²) in [7, 11) is 1.44. The van der Waals surface area contributed by atoms with Crippen LogP contribution in [-0.4, -0.2) is 24.5 Å². The van der Waals surface area contributed by atoms with Crippen LogP contribution in [-0.2, 0) is 9.59 Å². The van der Waals surface area contributed by atoms with Crippen molar-refractivity contribution in [3.8, 4) is 5.75 Å². The van der Waals surface area contributed by atoms with Crippen LogP contribution in [0.15, 0.2) is 17.2 Å². The van der Waals surface area contributed by atoms with E-state index in [1.165, 1.54) is 19.2 Å². The monoisotopic (exact) mass is 300 g/mol. The number of nitrogens with zero attached hydrogens (tertiary/aromatic N) is 2. The van der Waals surface area contributed by atoms with Gasteiger partial charge in [-0.05, 0) is 19.1 Å². The molecule has 1 amide bonds. The average molecular weight is 301 g/mol. The number of amides is 1. The van der Waals surface area contributed by atoms with Gasteiger partial charge in [-0.2, -0.15) is 10.1 Å². The molecule has 0 saturated heterocycles. The number of ketones is 1. The van der Waals surface area contributed by atoms with Crippen molar-refractivity contribution in [1.29, 1.82) is 0 Å². The van der Waals surface area contributed by atoms with Crippen molar-refractivity contribution in [2.45, 2.75) is 13.3 Å². The Bertz CT molecular complexity index is 576. The Morgan fingerprint density at radius 1 is 1.26 bits per heavy atom. The normalized spacial score (nSPS) is 15.6. The highest BCUT2D eigenvalue weighted by Gasteiger charge is 2.27. The third-order valence-electron chi connectivity index (χ3n) is 2.63. The zero-order chi connectivity index (χ0) is 14.2. The molecule has 0 bridgehead atoms. The number of benzene rings is 1. The van der Waals surface area contributed by atoms with E-state index in [-0.39, 0.29) is 28.0 Å². The second kappa shape index (κ2) is 5.19. The Kier molecular flexibility index (Phi) is 3.78. The molecule has 0 N–H and O–H groups in total. The number of anilines is 1. The van der Waals surface area contributed by atoms with E-state index in [1.54, 1.807) is 6.92 Å². The minimum absolute atomic E-state index is 0.212. The van der Waals surface area contributed by atoms with Crippen LogP contribution in [0.3, 0.4) is 0 Å². The third kappa shape index (κ3) is 2.57. The Hall–Kier alpha value is -1.59. The fourth-order valence-corrected chi connectivity index (χ4v) is 2.30. The molecular formula is C12H10Cl2N2O3. The first kappa shape index (κ1) is 13.8. The topological polar surface area (TPSA) is 59.0 Å². The minimum Gasteiger partial charge on any atom is -0.494 e. The first-order chi connectivity index (χ1) is 8.93. The van der Waals surface area contributed by atoms with E-state index in [2.05, 4.69) is 5.10 Å². The summed E-state index contributed by atoms with van der Waals surface area (Å²) in [6, 6.07) is 3.02. The predicted molar refractivity (Wildman–Crippen MR) is 73.2 cm³/mol. The molecule has 0 atom stereocenters. The lowest BCUT2D eigenvalue weighted by molar-refractivity contribution is -0.124. The highest BCUT2D eigenvalue weighted by molar-refractivity contribution is 6.44. The number of Topliss-reactive ketones (excluding diaryl/α,β-unsaturated/α-hetero) is 1. The maximum Gasteiger partial charge on any atom is 0.255 e. The lowest BCUT2D eigenvalue weighted by atomic mass is 10.1. The van der Waals surface area contributed by atoms with Crippen LogP contribution in [0.1, 0.15) is 13.3 Å². The van der Waals surface area contributed by atoms with Crippen molar-refractivity contribution in [3.63, 3.8) is 0 Å². The molecule has 1 aromatic carbocycles. The summed E-state index contributed by atoms with van der Waals surface area (Å²) in [5, 5.41) is 5.60. The van der Waals surface area contributed by atoms with Crippen LogP contribution in [0, 0.1) is 0 Å². The molecule has 100 valence electrons. The van der Waals surface area contributed by atoms with Gasteiger partial charge in [-0.1, -0.05) is 23.2 Å². The van der Waals surface area contributed by atoms with Gasteiger partial charge in [0, 0.05) is 0 Å². The van der Waals surface area contributed by atoms with Crippen molar-refractivity contribution in [2.75, 3.05) is 12.1 Å². The molecule has 0 saturated carbocycles. The van der Waals surface area contributed by atoms with Crippen LogP contribution in [0.5, 0.6) is 5.75 Å². The number of carbonyl (C=O) groups is 2. The largest absolute Gasteiger partial charge is 0.494 e. The molecule has 0 aromatic heterocycles. The first-order valence-corrected chi connectivity index (χ1v) is 6.14. The highest BCUT2D eigenvalue weighted by Crippen LogP contribution is 2.37. The predicted octanol–water partition coefficient (Wildman–Crippen LogP) is 2.68. The molecule has 0 aliphatic carbocycles. The molecular weight excluding hydrogens is 291 g/mol. The van der Waals surface area contributed by atoms with E-state index < -0.39 is 5.91 Å². The molecule has 0 unspecified atom stereocenters. The first-order valence-electron chi connectivity index (χ1n) is 5.38. The molecule has 1 aliphatic rings. The lowest BCUT2D eigenvalue weighted by Gasteiger charge is -2.22. The second-order valence-electron chi connectivity index (χ2n) is 3.93. The average Bonchev–Trinajstić information content (AvgIpc) is 2.33. The van der Waals surface area contributed by atoms with Gasteiger partial charge in [0.1, 0.15) is 5.71 Å². The van der Waals surface area contributed by atoms with E-state index in [0.29, 0.717) is 11.4 Å². The maximum absolute atomic E-state index is 11.8. The van der Waals surface area contributed by atoms with Crippen molar-refractivity contribution in [1.82, 2.24) is 0 Å². The van der Waals surface area contributed by atoms with Gasteiger partial charge in [-0.25, -0.2) is 0 Å². The molecule has 0 spiro atoms. The van der Waals surface area contributed by atoms with E-state index in [9.17, 15) is 9.59 Å². The van der Waals surface area contributed by atoms with Gasteiger partial charge >= 0.3 is 0 Å². The summed E-state index contributed by atoms with van der Waals surface area (Å²) in [5.41, 5.74) is 0.662. The molecule has 0 radical (unpaired) electrons. The van der Waals surface area contributed by atoms with E-state index >= 15 is 0 Å². The third-order valence-corrected chi connectivity index (χ3v) is 3.19.